The average Bonchev–Trinajstić information content (AvgIpc) is 2.97. The van der Waals surface area contributed by atoms with Gasteiger partial charge in [0.1, 0.15) is 6.61 Å². The zero-order valence-corrected chi connectivity index (χ0v) is 13.2. The van der Waals surface area contributed by atoms with Crippen LogP contribution in [0.15, 0.2) is 60.7 Å². The lowest BCUT2D eigenvalue weighted by atomic mass is 10.0. The van der Waals surface area contributed by atoms with Crippen LogP contribution in [-0.4, -0.2) is 34.7 Å². The molecule has 2 atom stereocenters. The van der Waals surface area contributed by atoms with Crippen LogP contribution in [0.5, 0.6) is 0 Å². The molecule has 1 heterocycles. The summed E-state index contributed by atoms with van der Waals surface area (Å²) in [7, 11) is 0. The summed E-state index contributed by atoms with van der Waals surface area (Å²) in [6, 6.07) is 18.2. The van der Waals surface area contributed by atoms with Gasteiger partial charge in [-0.2, -0.15) is 0 Å². The molecule has 0 spiro atoms. The summed E-state index contributed by atoms with van der Waals surface area (Å²) >= 11 is 0. The van der Waals surface area contributed by atoms with E-state index in [9.17, 15) is 14.7 Å². The molecule has 124 valence electrons. The van der Waals surface area contributed by atoms with Crippen molar-refractivity contribution in [1.29, 1.82) is 0 Å². The average molecular weight is 325 g/mol. The number of benzene rings is 2. The molecule has 1 saturated heterocycles. The van der Waals surface area contributed by atoms with E-state index in [2.05, 4.69) is 0 Å². The molecule has 0 unspecified atom stereocenters. The summed E-state index contributed by atoms with van der Waals surface area (Å²) in [6.45, 7) is 0.181. The number of rotatable bonds is 5. The molecule has 24 heavy (non-hydrogen) atoms. The number of imide groups is 1. The molecule has 0 aromatic heterocycles. The van der Waals surface area contributed by atoms with Gasteiger partial charge >= 0.3 is 6.09 Å². The molecule has 2 aromatic carbocycles. The number of nitrogens with zero attached hydrogens (tertiary/aromatic N) is 1. The molecule has 2 amide bonds. The van der Waals surface area contributed by atoms with Crippen molar-refractivity contribution in [1.82, 2.24) is 4.90 Å². The first-order valence-corrected chi connectivity index (χ1v) is 7.91. The van der Waals surface area contributed by atoms with Crippen LogP contribution in [0.25, 0.3) is 0 Å². The van der Waals surface area contributed by atoms with Gasteiger partial charge in [-0.25, -0.2) is 9.69 Å². The standard InChI is InChI=1S/C19H19NO4/c21-17(15-9-5-2-6-10-15)12-18(22)20-16(13-24-19(20)23)11-14-7-3-1-4-8-14/h1-10,16-17,21H,11-13H2/t16-,17+/m0/s1. The molecule has 0 bridgehead atoms. The minimum atomic E-state index is -0.940. The summed E-state index contributed by atoms with van der Waals surface area (Å²) in [5, 5.41) is 10.2. The summed E-state index contributed by atoms with van der Waals surface area (Å²) < 4.78 is 5.04. The molecule has 3 rings (SSSR count). The quantitative estimate of drug-likeness (QED) is 0.918. The highest BCUT2D eigenvalue weighted by atomic mass is 16.6. The van der Waals surface area contributed by atoms with Gasteiger partial charge in [-0.05, 0) is 17.5 Å². The van der Waals surface area contributed by atoms with E-state index in [4.69, 9.17) is 4.74 Å². The zero-order valence-electron chi connectivity index (χ0n) is 13.2. The van der Waals surface area contributed by atoms with Crippen molar-refractivity contribution < 1.29 is 19.4 Å². The Morgan fingerprint density at radius 2 is 1.75 bits per heavy atom. The van der Waals surface area contributed by atoms with E-state index in [-0.39, 0.29) is 19.1 Å². The van der Waals surface area contributed by atoms with Crippen LogP contribution < -0.4 is 0 Å². The smallest absolute Gasteiger partial charge is 0.416 e. The van der Waals surface area contributed by atoms with Gasteiger partial charge in [0.25, 0.3) is 0 Å². The number of amides is 2. The Bertz CT molecular complexity index is 702. The first-order chi connectivity index (χ1) is 11.6. The number of hydrogen-bond acceptors (Lipinski definition) is 4. The second kappa shape index (κ2) is 7.27. The third-order valence-electron chi connectivity index (χ3n) is 4.10. The molecule has 5 nitrogen and oxygen atoms in total. The second-order valence-electron chi connectivity index (χ2n) is 5.81. The van der Waals surface area contributed by atoms with Gasteiger partial charge in [-0.3, -0.25) is 4.79 Å². The van der Waals surface area contributed by atoms with Crippen LogP contribution in [0.3, 0.4) is 0 Å². The minimum absolute atomic E-state index is 0.148. The zero-order chi connectivity index (χ0) is 16.9. The molecule has 0 radical (unpaired) electrons. The second-order valence-corrected chi connectivity index (χ2v) is 5.81. The van der Waals surface area contributed by atoms with Crippen molar-refractivity contribution in [3.05, 3.63) is 71.8 Å². The molecule has 1 aliphatic rings. The Hall–Kier alpha value is -2.66. The van der Waals surface area contributed by atoms with Gasteiger partial charge < -0.3 is 9.84 Å². The maximum Gasteiger partial charge on any atom is 0.416 e. The van der Waals surface area contributed by atoms with Crippen LogP contribution in [0, 0.1) is 0 Å². The highest BCUT2D eigenvalue weighted by Crippen LogP contribution is 2.22. The van der Waals surface area contributed by atoms with E-state index in [0.717, 1.165) is 10.5 Å². The Morgan fingerprint density at radius 3 is 2.42 bits per heavy atom. The van der Waals surface area contributed by atoms with Crippen molar-refractivity contribution in [2.45, 2.75) is 25.0 Å². The number of carbonyl (C=O) groups excluding carboxylic acids is 2. The number of hydrogen-bond donors (Lipinski definition) is 1. The van der Waals surface area contributed by atoms with Crippen molar-refractivity contribution in [3.8, 4) is 0 Å². The molecule has 2 aromatic rings. The Balaban J connectivity index is 1.68. The van der Waals surface area contributed by atoms with Crippen LogP contribution >= 0.6 is 0 Å². The number of aliphatic hydroxyl groups excluding tert-OH is 1. The Labute approximate surface area is 140 Å². The van der Waals surface area contributed by atoms with E-state index in [1.165, 1.54) is 0 Å². The molecule has 1 fully saturated rings. The SMILES string of the molecule is O=C(C[C@@H](O)c1ccccc1)N1C(=O)OC[C@@H]1Cc1ccccc1. The van der Waals surface area contributed by atoms with E-state index in [1.54, 1.807) is 24.3 Å². The lowest BCUT2D eigenvalue weighted by Gasteiger charge is -2.21. The Morgan fingerprint density at radius 1 is 1.12 bits per heavy atom. The number of aliphatic hydroxyl groups is 1. The summed E-state index contributed by atoms with van der Waals surface area (Å²) in [4.78, 5) is 25.6. The molecular weight excluding hydrogens is 306 g/mol. The third-order valence-corrected chi connectivity index (χ3v) is 4.10. The van der Waals surface area contributed by atoms with Gasteiger partial charge in [0, 0.05) is 0 Å². The van der Waals surface area contributed by atoms with Gasteiger partial charge in [-0.15, -0.1) is 0 Å². The van der Waals surface area contributed by atoms with Crippen LogP contribution in [0.4, 0.5) is 4.79 Å². The first kappa shape index (κ1) is 16.2. The fourth-order valence-electron chi connectivity index (χ4n) is 2.86. The first-order valence-electron chi connectivity index (χ1n) is 7.91. The van der Waals surface area contributed by atoms with Crippen molar-refractivity contribution >= 4 is 12.0 Å². The maximum atomic E-state index is 12.5. The molecule has 5 heteroatoms. The lowest BCUT2D eigenvalue weighted by molar-refractivity contribution is -0.131. The number of ether oxygens (including phenoxy) is 1. The number of cyclic esters (lactones) is 1. The highest BCUT2D eigenvalue weighted by molar-refractivity contribution is 5.93. The fraction of sp³-hybridized carbons (Fsp3) is 0.263. The topological polar surface area (TPSA) is 66.8 Å². The van der Waals surface area contributed by atoms with Gasteiger partial charge in [0.2, 0.25) is 5.91 Å². The number of carbonyl (C=O) groups is 2. The van der Waals surface area contributed by atoms with Gasteiger partial charge in [-0.1, -0.05) is 60.7 Å². The molecular formula is C19H19NO4. The molecule has 0 saturated carbocycles. The van der Waals surface area contributed by atoms with Crippen LogP contribution in [-0.2, 0) is 16.0 Å². The summed E-state index contributed by atoms with van der Waals surface area (Å²) in [5.74, 6) is -0.421. The largest absolute Gasteiger partial charge is 0.447 e. The van der Waals surface area contributed by atoms with E-state index < -0.39 is 18.1 Å². The Kier molecular flexibility index (Phi) is 4.91. The monoisotopic (exact) mass is 325 g/mol. The fourth-order valence-corrected chi connectivity index (χ4v) is 2.86. The van der Waals surface area contributed by atoms with Crippen molar-refractivity contribution in [3.63, 3.8) is 0 Å². The van der Waals surface area contributed by atoms with Gasteiger partial charge in [0.15, 0.2) is 0 Å². The van der Waals surface area contributed by atoms with Crippen LogP contribution in [0.2, 0.25) is 0 Å². The van der Waals surface area contributed by atoms with Crippen molar-refractivity contribution in [2.75, 3.05) is 6.61 Å². The predicted octanol–water partition coefficient (Wildman–Crippen LogP) is 2.70. The summed E-state index contributed by atoms with van der Waals surface area (Å²) in [5.41, 5.74) is 1.68. The predicted molar refractivity (Wildman–Crippen MR) is 88.1 cm³/mol. The molecule has 1 aliphatic heterocycles. The maximum absolute atomic E-state index is 12.5. The highest BCUT2D eigenvalue weighted by Gasteiger charge is 2.38. The van der Waals surface area contributed by atoms with Crippen molar-refractivity contribution in [2.24, 2.45) is 0 Å². The minimum Gasteiger partial charge on any atom is -0.447 e. The molecule has 0 aliphatic carbocycles. The molecule has 1 N–H and O–H groups in total. The van der Waals surface area contributed by atoms with E-state index in [0.29, 0.717) is 12.0 Å². The van der Waals surface area contributed by atoms with E-state index >= 15 is 0 Å². The van der Waals surface area contributed by atoms with Gasteiger partial charge in [0.05, 0.1) is 18.6 Å². The van der Waals surface area contributed by atoms with Crippen LogP contribution in [0.1, 0.15) is 23.7 Å². The van der Waals surface area contributed by atoms with E-state index in [1.807, 2.05) is 36.4 Å². The third kappa shape index (κ3) is 3.63. The lowest BCUT2D eigenvalue weighted by Crippen LogP contribution is -2.40. The normalized spacial score (nSPS) is 18.3. The summed E-state index contributed by atoms with van der Waals surface area (Å²) in [6.07, 6.45) is -1.19.